The van der Waals surface area contributed by atoms with Gasteiger partial charge in [0.15, 0.2) is 0 Å². The third-order valence-corrected chi connectivity index (χ3v) is 7.98. The molecule has 0 bridgehead atoms. The molecule has 1 saturated carbocycles. The normalized spacial score (nSPS) is 25.6. The Labute approximate surface area is 195 Å². The van der Waals surface area contributed by atoms with Crippen LogP contribution in [0, 0.1) is 6.92 Å². The number of thioether (sulfide) groups is 1. The Morgan fingerprint density at radius 1 is 1.19 bits per heavy atom. The van der Waals surface area contributed by atoms with Crippen molar-refractivity contribution in [3.8, 4) is 0 Å². The first-order chi connectivity index (χ1) is 15.6. The van der Waals surface area contributed by atoms with Crippen molar-refractivity contribution < 1.29 is 14.3 Å². The number of nitrogens with zero attached hydrogens (tertiary/aromatic N) is 2. The zero-order valence-electron chi connectivity index (χ0n) is 19.1. The number of hydrogen-bond donors (Lipinski definition) is 1. The van der Waals surface area contributed by atoms with Gasteiger partial charge < -0.3 is 15.0 Å². The van der Waals surface area contributed by atoms with Crippen molar-refractivity contribution in [3.05, 3.63) is 40.3 Å². The lowest BCUT2D eigenvalue weighted by Crippen LogP contribution is -2.54. The lowest BCUT2D eigenvalue weighted by Gasteiger charge is -2.43. The fraction of sp³-hybridized carbons (Fsp3) is 0.600. The quantitative estimate of drug-likeness (QED) is 0.504. The highest BCUT2D eigenvalue weighted by Crippen LogP contribution is 2.42. The van der Waals surface area contributed by atoms with Gasteiger partial charge in [0, 0.05) is 30.9 Å². The summed E-state index contributed by atoms with van der Waals surface area (Å²) in [5, 5.41) is 3.42. The molecule has 2 saturated heterocycles. The van der Waals surface area contributed by atoms with E-state index in [-0.39, 0.29) is 24.4 Å². The second-order valence-corrected chi connectivity index (χ2v) is 10.3. The molecule has 2 heterocycles. The number of amides is 2. The molecule has 1 aromatic carbocycles. The van der Waals surface area contributed by atoms with Gasteiger partial charge >= 0.3 is 0 Å². The van der Waals surface area contributed by atoms with Crippen molar-refractivity contribution in [2.75, 3.05) is 45.9 Å². The predicted molar refractivity (Wildman–Crippen MR) is 129 cm³/mol. The van der Waals surface area contributed by atoms with Gasteiger partial charge in [-0.05, 0) is 44.4 Å². The number of aryl methyl sites for hydroxylation is 1. The molecule has 1 N–H and O–H groups in total. The van der Waals surface area contributed by atoms with E-state index in [1.54, 1.807) is 11.8 Å². The highest BCUT2D eigenvalue weighted by atomic mass is 32.2. The summed E-state index contributed by atoms with van der Waals surface area (Å²) in [5.41, 5.74) is 2.24. The molecule has 1 aliphatic carbocycles. The summed E-state index contributed by atoms with van der Waals surface area (Å²) in [7, 11) is 0. The van der Waals surface area contributed by atoms with Crippen LogP contribution < -0.4 is 5.32 Å². The van der Waals surface area contributed by atoms with Crippen LogP contribution in [0.4, 0.5) is 0 Å². The zero-order chi connectivity index (χ0) is 22.3. The largest absolute Gasteiger partial charge is 0.379 e. The maximum absolute atomic E-state index is 13.4. The SMILES string of the molecule is Cc1ccc(/C=C2/SC3CCCCC3N(CC(=O)NCCCN3CCOCC3)C2=O)cc1. The lowest BCUT2D eigenvalue weighted by atomic mass is 9.93. The fourth-order valence-electron chi connectivity index (χ4n) is 4.74. The van der Waals surface area contributed by atoms with Crippen LogP contribution in [0.5, 0.6) is 0 Å². The van der Waals surface area contributed by atoms with Crippen LogP contribution in [0.3, 0.4) is 0 Å². The molecule has 0 spiro atoms. The maximum Gasteiger partial charge on any atom is 0.261 e. The number of hydrogen-bond acceptors (Lipinski definition) is 5. The number of nitrogens with one attached hydrogen (secondary N) is 1. The molecular formula is C25H35N3O3S. The van der Waals surface area contributed by atoms with E-state index in [2.05, 4.69) is 41.4 Å². The summed E-state index contributed by atoms with van der Waals surface area (Å²) in [4.78, 5) is 31.1. The first kappa shape index (κ1) is 23.3. The summed E-state index contributed by atoms with van der Waals surface area (Å²) in [6, 6.07) is 8.39. The molecule has 2 amide bonds. The van der Waals surface area contributed by atoms with Gasteiger partial charge in [0.1, 0.15) is 6.54 Å². The van der Waals surface area contributed by atoms with Crippen LogP contribution in [0.2, 0.25) is 0 Å². The second-order valence-electron chi connectivity index (χ2n) is 9.02. The Balaban J connectivity index is 1.35. The summed E-state index contributed by atoms with van der Waals surface area (Å²) in [6.07, 6.45) is 7.33. The number of carbonyl (C=O) groups is 2. The van der Waals surface area contributed by atoms with Crippen molar-refractivity contribution in [2.24, 2.45) is 0 Å². The number of ether oxygens (including phenoxy) is 1. The van der Waals surface area contributed by atoms with Gasteiger partial charge in [-0.2, -0.15) is 0 Å². The van der Waals surface area contributed by atoms with Crippen molar-refractivity contribution in [1.29, 1.82) is 0 Å². The number of fused-ring (bicyclic) bond motifs is 1. The average molecular weight is 458 g/mol. The van der Waals surface area contributed by atoms with Crippen LogP contribution in [0.25, 0.3) is 6.08 Å². The van der Waals surface area contributed by atoms with Gasteiger partial charge in [0.05, 0.1) is 18.1 Å². The topological polar surface area (TPSA) is 61.9 Å². The van der Waals surface area contributed by atoms with E-state index < -0.39 is 0 Å². The van der Waals surface area contributed by atoms with E-state index in [0.29, 0.717) is 11.8 Å². The minimum absolute atomic E-state index is 0.00203. The number of rotatable bonds is 7. The van der Waals surface area contributed by atoms with Crippen molar-refractivity contribution in [3.63, 3.8) is 0 Å². The van der Waals surface area contributed by atoms with Crippen LogP contribution in [-0.2, 0) is 14.3 Å². The van der Waals surface area contributed by atoms with Crippen LogP contribution >= 0.6 is 11.8 Å². The molecule has 7 heteroatoms. The van der Waals surface area contributed by atoms with Crippen LogP contribution in [-0.4, -0.2) is 78.8 Å². The van der Waals surface area contributed by atoms with E-state index in [4.69, 9.17) is 4.74 Å². The van der Waals surface area contributed by atoms with Crippen LogP contribution in [0.15, 0.2) is 29.2 Å². The van der Waals surface area contributed by atoms with E-state index in [0.717, 1.165) is 69.0 Å². The van der Waals surface area contributed by atoms with E-state index in [1.165, 1.54) is 12.0 Å². The maximum atomic E-state index is 13.4. The average Bonchev–Trinajstić information content (AvgIpc) is 2.81. The Morgan fingerprint density at radius 3 is 2.72 bits per heavy atom. The second kappa shape index (κ2) is 11.3. The highest BCUT2D eigenvalue weighted by Gasteiger charge is 2.41. The lowest BCUT2D eigenvalue weighted by molar-refractivity contribution is -0.135. The third kappa shape index (κ3) is 6.15. The number of morpholine rings is 1. The molecule has 2 aliphatic heterocycles. The first-order valence-corrected chi connectivity index (χ1v) is 12.8. The van der Waals surface area contributed by atoms with Gasteiger partial charge in [-0.15, -0.1) is 11.8 Å². The Bertz CT molecular complexity index is 820. The fourth-order valence-corrected chi connectivity index (χ4v) is 6.21. The molecule has 0 aromatic heterocycles. The molecule has 2 atom stereocenters. The molecule has 1 aromatic rings. The summed E-state index contributed by atoms with van der Waals surface area (Å²) in [6.45, 7) is 7.35. The molecule has 174 valence electrons. The first-order valence-electron chi connectivity index (χ1n) is 11.9. The molecule has 4 rings (SSSR count). The minimum atomic E-state index is -0.0498. The minimum Gasteiger partial charge on any atom is -0.379 e. The van der Waals surface area contributed by atoms with Gasteiger partial charge in [0.25, 0.3) is 5.91 Å². The van der Waals surface area contributed by atoms with Gasteiger partial charge in [0.2, 0.25) is 5.91 Å². The van der Waals surface area contributed by atoms with Crippen molar-refractivity contribution >= 4 is 29.7 Å². The van der Waals surface area contributed by atoms with Gasteiger partial charge in [-0.1, -0.05) is 42.7 Å². The zero-order valence-corrected chi connectivity index (χ0v) is 19.9. The van der Waals surface area contributed by atoms with E-state index in [9.17, 15) is 9.59 Å². The molecule has 3 fully saturated rings. The van der Waals surface area contributed by atoms with Crippen molar-refractivity contribution in [1.82, 2.24) is 15.1 Å². The molecule has 32 heavy (non-hydrogen) atoms. The smallest absolute Gasteiger partial charge is 0.261 e. The number of benzene rings is 1. The van der Waals surface area contributed by atoms with Gasteiger partial charge in [-0.3, -0.25) is 14.5 Å². The van der Waals surface area contributed by atoms with E-state index >= 15 is 0 Å². The Kier molecular flexibility index (Phi) is 8.27. The molecule has 6 nitrogen and oxygen atoms in total. The summed E-state index contributed by atoms with van der Waals surface area (Å²) >= 11 is 1.71. The third-order valence-electron chi connectivity index (χ3n) is 6.58. The predicted octanol–water partition coefficient (Wildman–Crippen LogP) is 3.06. The Hall–Kier alpha value is -1.83. The number of carbonyl (C=O) groups excluding carboxylic acids is 2. The highest BCUT2D eigenvalue weighted by molar-refractivity contribution is 8.04. The van der Waals surface area contributed by atoms with Crippen molar-refractivity contribution in [2.45, 2.75) is 50.3 Å². The summed E-state index contributed by atoms with van der Waals surface area (Å²) in [5.74, 6) is -0.0478. The van der Waals surface area contributed by atoms with Crippen LogP contribution in [0.1, 0.15) is 43.2 Å². The summed E-state index contributed by atoms with van der Waals surface area (Å²) < 4.78 is 5.38. The van der Waals surface area contributed by atoms with Gasteiger partial charge in [-0.25, -0.2) is 0 Å². The molecule has 3 aliphatic rings. The Morgan fingerprint density at radius 2 is 1.94 bits per heavy atom. The standard InChI is InChI=1S/C25H35N3O3S/c1-19-7-9-20(10-8-19)17-23-25(30)28(21-5-2-3-6-22(21)32-23)18-24(29)26-11-4-12-27-13-15-31-16-14-27/h7-10,17,21-22H,2-6,11-16,18H2,1H3,(H,26,29)/b23-17+. The monoisotopic (exact) mass is 457 g/mol. The van der Waals surface area contributed by atoms with E-state index in [1.807, 2.05) is 11.0 Å². The molecule has 0 radical (unpaired) electrons. The molecular weight excluding hydrogens is 422 g/mol. The molecule has 2 unspecified atom stereocenters.